The minimum atomic E-state index is -0.705. The van der Waals surface area contributed by atoms with Crippen LogP contribution < -0.4 is 4.90 Å². The van der Waals surface area contributed by atoms with Gasteiger partial charge in [0.2, 0.25) is 0 Å². The molecule has 4 rings (SSSR count). The standard InChI is InChI=1S/C22H25ClN2O3/c1-14-5-4-7-17(23)20(14)21(26)25-13-19(16-6-2-3-8-18(16)25)24-11-9-15(10-12-24)22(27)28/h4-5,7,13,15H,2-3,6,8-12H2,1H3,(H,27,28). The first-order valence-electron chi connectivity index (χ1n) is 9.98. The fourth-order valence-electron chi connectivity index (χ4n) is 4.55. The van der Waals surface area contributed by atoms with E-state index in [9.17, 15) is 14.7 Å². The van der Waals surface area contributed by atoms with Crippen molar-refractivity contribution in [2.75, 3.05) is 18.0 Å². The Hall–Kier alpha value is -2.27. The molecule has 1 aliphatic heterocycles. The van der Waals surface area contributed by atoms with Crippen LogP contribution in [0, 0.1) is 12.8 Å². The predicted octanol–water partition coefficient (Wildman–Crippen LogP) is 4.32. The molecule has 1 fully saturated rings. The molecule has 0 atom stereocenters. The van der Waals surface area contributed by atoms with Crippen LogP contribution in [0.1, 0.15) is 52.9 Å². The first-order valence-corrected chi connectivity index (χ1v) is 10.4. The minimum absolute atomic E-state index is 0.0760. The SMILES string of the molecule is Cc1cccc(Cl)c1C(=O)n1cc(N2CCC(C(=O)O)CC2)c2c1CCCC2. The van der Waals surface area contributed by atoms with E-state index in [-0.39, 0.29) is 11.8 Å². The van der Waals surface area contributed by atoms with Gasteiger partial charge in [0.25, 0.3) is 5.91 Å². The third-order valence-electron chi connectivity index (χ3n) is 6.13. The van der Waals surface area contributed by atoms with E-state index in [1.165, 1.54) is 5.56 Å². The van der Waals surface area contributed by atoms with E-state index < -0.39 is 5.97 Å². The second-order valence-corrected chi connectivity index (χ2v) is 8.26. The molecule has 28 heavy (non-hydrogen) atoms. The molecule has 5 nitrogen and oxygen atoms in total. The van der Waals surface area contributed by atoms with Gasteiger partial charge in [-0.3, -0.25) is 14.2 Å². The maximum atomic E-state index is 13.4. The molecule has 0 spiro atoms. The number of benzene rings is 1. The summed E-state index contributed by atoms with van der Waals surface area (Å²) in [5.74, 6) is -1.04. The molecule has 1 saturated heterocycles. The van der Waals surface area contributed by atoms with Crippen LogP contribution in [0.3, 0.4) is 0 Å². The predicted molar refractivity (Wildman–Crippen MR) is 110 cm³/mol. The fourth-order valence-corrected chi connectivity index (χ4v) is 4.86. The normalized spacial score (nSPS) is 17.4. The minimum Gasteiger partial charge on any atom is -0.481 e. The topological polar surface area (TPSA) is 62.5 Å². The van der Waals surface area contributed by atoms with Crippen LogP contribution in [0.5, 0.6) is 0 Å². The number of halogens is 1. The number of carboxylic acids is 1. The summed E-state index contributed by atoms with van der Waals surface area (Å²) in [7, 11) is 0. The third-order valence-corrected chi connectivity index (χ3v) is 6.44. The highest BCUT2D eigenvalue weighted by atomic mass is 35.5. The molecule has 1 aromatic heterocycles. The second kappa shape index (κ2) is 7.63. The summed E-state index contributed by atoms with van der Waals surface area (Å²) >= 11 is 6.36. The average Bonchev–Trinajstić information content (AvgIpc) is 3.07. The summed E-state index contributed by atoms with van der Waals surface area (Å²) in [6.45, 7) is 3.34. The molecule has 1 aromatic carbocycles. The average molecular weight is 401 g/mol. The van der Waals surface area contributed by atoms with Crippen molar-refractivity contribution in [1.82, 2.24) is 4.57 Å². The van der Waals surface area contributed by atoms with Crippen molar-refractivity contribution in [2.24, 2.45) is 5.92 Å². The smallest absolute Gasteiger partial charge is 0.306 e. The molecule has 0 bridgehead atoms. The number of aromatic nitrogens is 1. The Morgan fingerprint density at radius 2 is 1.86 bits per heavy atom. The van der Waals surface area contributed by atoms with Gasteiger partial charge < -0.3 is 10.0 Å². The Bertz CT molecular complexity index is 906. The molecule has 2 aliphatic rings. The molecule has 2 heterocycles. The van der Waals surface area contributed by atoms with E-state index in [0.717, 1.165) is 42.6 Å². The van der Waals surface area contributed by atoms with Crippen molar-refractivity contribution in [3.05, 3.63) is 51.8 Å². The summed E-state index contributed by atoms with van der Waals surface area (Å²) in [4.78, 5) is 26.9. The number of hydrogen-bond acceptors (Lipinski definition) is 3. The quantitative estimate of drug-likeness (QED) is 0.833. The van der Waals surface area contributed by atoms with Crippen LogP contribution in [0.2, 0.25) is 5.02 Å². The molecule has 1 aliphatic carbocycles. The number of piperidine rings is 1. The van der Waals surface area contributed by atoms with E-state index >= 15 is 0 Å². The monoisotopic (exact) mass is 400 g/mol. The lowest BCUT2D eigenvalue weighted by Gasteiger charge is -2.32. The Morgan fingerprint density at radius 1 is 1.14 bits per heavy atom. The maximum Gasteiger partial charge on any atom is 0.306 e. The van der Waals surface area contributed by atoms with Gasteiger partial charge in [-0.05, 0) is 62.6 Å². The first kappa shape index (κ1) is 19.1. The summed E-state index contributed by atoms with van der Waals surface area (Å²) in [6, 6.07) is 5.53. The molecular formula is C22H25ClN2O3. The highest BCUT2D eigenvalue weighted by Gasteiger charge is 2.30. The molecule has 0 radical (unpaired) electrons. The lowest BCUT2D eigenvalue weighted by Crippen LogP contribution is -2.36. The lowest BCUT2D eigenvalue weighted by molar-refractivity contribution is -0.142. The first-order chi connectivity index (χ1) is 13.5. The molecule has 0 saturated carbocycles. The number of carbonyl (C=O) groups excluding carboxylic acids is 1. The lowest BCUT2D eigenvalue weighted by atomic mass is 9.94. The van der Waals surface area contributed by atoms with E-state index in [1.54, 1.807) is 10.6 Å². The van der Waals surface area contributed by atoms with Gasteiger partial charge in [0, 0.05) is 25.0 Å². The van der Waals surface area contributed by atoms with Gasteiger partial charge in [0.05, 0.1) is 22.2 Å². The molecule has 148 valence electrons. The zero-order valence-electron chi connectivity index (χ0n) is 16.1. The molecule has 2 aromatic rings. The van der Waals surface area contributed by atoms with Crippen LogP contribution in [-0.2, 0) is 17.6 Å². The van der Waals surface area contributed by atoms with Crippen molar-refractivity contribution in [1.29, 1.82) is 0 Å². The van der Waals surface area contributed by atoms with Gasteiger partial charge in [-0.15, -0.1) is 0 Å². The van der Waals surface area contributed by atoms with Gasteiger partial charge >= 0.3 is 5.97 Å². The second-order valence-electron chi connectivity index (χ2n) is 7.85. The number of aliphatic carboxylic acids is 1. The summed E-state index contributed by atoms with van der Waals surface area (Å²) in [5, 5.41) is 9.74. The number of hydrogen-bond donors (Lipinski definition) is 1. The van der Waals surface area contributed by atoms with Crippen molar-refractivity contribution >= 4 is 29.2 Å². The van der Waals surface area contributed by atoms with Crippen molar-refractivity contribution in [3.8, 4) is 0 Å². The molecular weight excluding hydrogens is 376 g/mol. The van der Waals surface area contributed by atoms with Crippen LogP contribution in [0.15, 0.2) is 24.4 Å². The number of carbonyl (C=O) groups is 2. The maximum absolute atomic E-state index is 13.4. The third kappa shape index (κ3) is 3.32. The number of anilines is 1. The summed E-state index contributed by atoms with van der Waals surface area (Å²) < 4.78 is 1.79. The van der Waals surface area contributed by atoms with Crippen LogP contribution in [0.25, 0.3) is 0 Å². The van der Waals surface area contributed by atoms with Crippen LogP contribution in [-0.4, -0.2) is 34.6 Å². The van der Waals surface area contributed by atoms with Gasteiger partial charge in [0.1, 0.15) is 0 Å². The summed E-state index contributed by atoms with van der Waals surface area (Å²) in [5.41, 5.74) is 4.86. The number of carboxylic acid groups (broad SMARTS) is 1. The Balaban J connectivity index is 1.70. The fraction of sp³-hybridized carbons (Fsp3) is 0.455. The van der Waals surface area contributed by atoms with E-state index in [1.807, 2.05) is 25.3 Å². The number of rotatable bonds is 3. The number of aryl methyl sites for hydroxylation is 1. The number of fused-ring (bicyclic) bond motifs is 1. The largest absolute Gasteiger partial charge is 0.481 e. The van der Waals surface area contributed by atoms with Crippen LogP contribution >= 0.6 is 11.6 Å². The van der Waals surface area contributed by atoms with Crippen molar-refractivity contribution in [3.63, 3.8) is 0 Å². The van der Waals surface area contributed by atoms with Gasteiger partial charge in [-0.2, -0.15) is 0 Å². The number of nitrogens with zero attached hydrogens (tertiary/aromatic N) is 2. The highest BCUT2D eigenvalue weighted by molar-refractivity contribution is 6.34. The Labute approximate surface area is 169 Å². The van der Waals surface area contributed by atoms with Gasteiger partial charge in [-0.25, -0.2) is 0 Å². The molecule has 6 heteroatoms. The molecule has 0 amide bonds. The Kier molecular flexibility index (Phi) is 5.19. The highest BCUT2D eigenvalue weighted by Crippen LogP contribution is 2.36. The zero-order chi connectivity index (χ0) is 19.8. The zero-order valence-corrected chi connectivity index (χ0v) is 16.8. The summed E-state index contributed by atoms with van der Waals surface area (Å²) in [6.07, 6.45) is 7.30. The van der Waals surface area contributed by atoms with Crippen molar-refractivity contribution < 1.29 is 14.7 Å². The van der Waals surface area contributed by atoms with Gasteiger partial charge in [-0.1, -0.05) is 23.7 Å². The van der Waals surface area contributed by atoms with Crippen LogP contribution in [0.4, 0.5) is 5.69 Å². The van der Waals surface area contributed by atoms with Gasteiger partial charge in [0.15, 0.2) is 0 Å². The van der Waals surface area contributed by atoms with E-state index in [0.29, 0.717) is 36.5 Å². The van der Waals surface area contributed by atoms with E-state index in [2.05, 4.69) is 4.90 Å². The Morgan fingerprint density at radius 3 is 2.54 bits per heavy atom. The molecule has 0 unspecified atom stereocenters. The van der Waals surface area contributed by atoms with Crippen molar-refractivity contribution in [2.45, 2.75) is 45.4 Å². The molecule has 1 N–H and O–H groups in total. The van der Waals surface area contributed by atoms with E-state index in [4.69, 9.17) is 11.6 Å².